The van der Waals surface area contributed by atoms with E-state index in [0.717, 1.165) is 10.9 Å². The Labute approximate surface area is 92.2 Å². The van der Waals surface area contributed by atoms with Crippen LogP contribution in [0.3, 0.4) is 0 Å². The molecule has 0 aliphatic heterocycles. The average Bonchev–Trinajstić information content (AvgIpc) is 2.27. The van der Waals surface area contributed by atoms with E-state index in [4.69, 9.17) is 5.11 Å². The molecule has 1 atom stereocenters. The minimum absolute atomic E-state index is 0.298. The van der Waals surface area contributed by atoms with Crippen molar-refractivity contribution >= 4 is 16.9 Å². The first-order valence-electron chi connectivity index (χ1n) is 4.92. The number of hydrogen-bond acceptors (Lipinski definition) is 3. The van der Waals surface area contributed by atoms with Crippen LogP contribution in [0.15, 0.2) is 36.5 Å². The Morgan fingerprint density at radius 1 is 1.31 bits per heavy atom. The van der Waals surface area contributed by atoms with Crippen molar-refractivity contribution in [2.45, 2.75) is 12.5 Å². The molecule has 82 valence electrons. The number of para-hydroxylation sites is 1. The SMILES string of the molecule is O=C(O)C[C@@H](O)c1ccnc2ccccc12. The minimum Gasteiger partial charge on any atom is -0.481 e. The van der Waals surface area contributed by atoms with Gasteiger partial charge in [0.25, 0.3) is 0 Å². The number of hydrogen-bond donors (Lipinski definition) is 2. The molecule has 1 aromatic carbocycles. The summed E-state index contributed by atoms with van der Waals surface area (Å²) in [6.45, 7) is 0. The summed E-state index contributed by atoms with van der Waals surface area (Å²) >= 11 is 0. The summed E-state index contributed by atoms with van der Waals surface area (Å²) in [6, 6.07) is 8.98. The molecule has 0 saturated carbocycles. The van der Waals surface area contributed by atoms with Gasteiger partial charge in [0.05, 0.1) is 18.0 Å². The number of rotatable bonds is 3. The van der Waals surface area contributed by atoms with Crippen LogP contribution in [-0.2, 0) is 4.79 Å². The predicted molar refractivity (Wildman–Crippen MR) is 59.0 cm³/mol. The summed E-state index contributed by atoms with van der Waals surface area (Å²) in [5.41, 5.74) is 1.36. The fourth-order valence-corrected chi connectivity index (χ4v) is 1.68. The van der Waals surface area contributed by atoms with Gasteiger partial charge in [0.15, 0.2) is 0 Å². The molecule has 2 N–H and O–H groups in total. The van der Waals surface area contributed by atoms with E-state index < -0.39 is 12.1 Å². The monoisotopic (exact) mass is 217 g/mol. The second-order valence-corrected chi connectivity index (χ2v) is 3.53. The van der Waals surface area contributed by atoms with Crippen molar-refractivity contribution in [2.75, 3.05) is 0 Å². The van der Waals surface area contributed by atoms with Crippen LogP contribution in [0.25, 0.3) is 10.9 Å². The number of carbonyl (C=O) groups is 1. The Bertz CT molecular complexity index is 519. The molecule has 4 nitrogen and oxygen atoms in total. The van der Waals surface area contributed by atoms with E-state index >= 15 is 0 Å². The first-order valence-corrected chi connectivity index (χ1v) is 4.92. The Morgan fingerprint density at radius 2 is 2.06 bits per heavy atom. The lowest BCUT2D eigenvalue weighted by molar-refractivity contribution is -0.139. The summed E-state index contributed by atoms with van der Waals surface area (Å²) in [5.74, 6) is -1.02. The summed E-state index contributed by atoms with van der Waals surface area (Å²) in [4.78, 5) is 14.7. The van der Waals surface area contributed by atoms with Gasteiger partial charge in [0.1, 0.15) is 0 Å². The normalized spacial score (nSPS) is 12.6. The predicted octanol–water partition coefficient (Wildman–Crippen LogP) is 1.74. The third-order valence-electron chi connectivity index (χ3n) is 2.41. The molecule has 2 aromatic rings. The van der Waals surface area contributed by atoms with E-state index in [1.165, 1.54) is 0 Å². The molecular weight excluding hydrogens is 206 g/mol. The number of pyridine rings is 1. The quantitative estimate of drug-likeness (QED) is 0.821. The molecule has 16 heavy (non-hydrogen) atoms. The van der Waals surface area contributed by atoms with Crippen LogP contribution in [0.4, 0.5) is 0 Å². The smallest absolute Gasteiger partial charge is 0.306 e. The maximum atomic E-state index is 10.5. The van der Waals surface area contributed by atoms with Gasteiger partial charge in [-0.25, -0.2) is 0 Å². The van der Waals surface area contributed by atoms with Crippen molar-refractivity contribution in [3.05, 3.63) is 42.1 Å². The number of nitrogens with zero attached hydrogens (tertiary/aromatic N) is 1. The number of aliphatic carboxylic acids is 1. The zero-order valence-electron chi connectivity index (χ0n) is 8.50. The van der Waals surface area contributed by atoms with Crippen LogP contribution in [0, 0.1) is 0 Å². The highest BCUT2D eigenvalue weighted by molar-refractivity contribution is 5.82. The number of aromatic nitrogens is 1. The van der Waals surface area contributed by atoms with Crippen molar-refractivity contribution in [1.82, 2.24) is 4.98 Å². The van der Waals surface area contributed by atoms with E-state index in [1.54, 1.807) is 12.3 Å². The largest absolute Gasteiger partial charge is 0.481 e. The van der Waals surface area contributed by atoms with Crippen molar-refractivity contribution in [2.24, 2.45) is 0 Å². The minimum atomic E-state index is -1.02. The topological polar surface area (TPSA) is 70.4 Å². The van der Waals surface area contributed by atoms with Crippen LogP contribution < -0.4 is 0 Å². The third-order valence-corrected chi connectivity index (χ3v) is 2.41. The molecule has 1 heterocycles. The Hall–Kier alpha value is -1.94. The van der Waals surface area contributed by atoms with Gasteiger partial charge in [-0.2, -0.15) is 0 Å². The zero-order chi connectivity index (χ0) is 11.5. The number of carboxylic acids is 1. The zero-order valence-corrected chi connectivity index (χ0v) is 8.50. The van der Waals surface area contributed by atoms with Gasteiger partial charge in [-0.3, -0.25) is 9.78 Å². The van der Waals surface area contributed by atoms with Crippen LogP contribution in [0.5, 0.6) is 0 Å². The third kappa shape index (κ3) is 2.01. The Kier molecular flexibility index (Phi) is 2.83. The number of aliphatic hydroxyl groups excluding tert-OH is 1. The Balaban J connectivity index is 2.47. The second kappa shape index (κ2) is 4.28. The number of carboxylic acid groups (broad SMARTS) is 1. The second-order valence-electron chi connectivity index (χ2n) is 3.53. The van der Waals surface area contributed by atoms with Gasteiger partial charge in [-0.15, -0.1) is 0 Å². The van der Waals surface area contributed by atoms with Gasteiger partial charge < -0.3 is 10.2 Å². The lowest BCUT2D eigenvalue weighted by Gasteiger charge is -2.10. The highest BCUT2D eigenvalue weighted by atomic mass is 16.4. The van der Waals surface area contributed by atoms with Crippen molar-refractivity contribution in [3.63, 3.8) is 0 Å². The van der Waals surface area contributed by atoms with E-state index in [-0.39, 0.29) is 6.42 Å². The van der Waals surface area contributed by atoms with Crippen LogP contribution in [0.1, 0.15) is 18.1 Å². The molecule has 0 fully saturated rings. The molecule has 0 unspecified atom stereocenters. The molecule has 0 saturated heterocycles. The van der Waals surface area contributed by atoms with Crippen LogP contribution in [-0.4, -0.2) is 21.2 Å². The summed E-state index contributed by atoms with van der Waals surface area (Å²) in [5, 5.41) is 19.2. The molecule has 0 amide bonds. The molecule has 2 rings (SSSR count). The summed E-state index contributed by atoms with van der Waals surface area (Å²) in [6.07, 6.45) is 0.280. The standard InChI is InChI=1S/C12H11NO3/c14-11(7-12(15)16)9-5-6-13-10-4-2-1-3-8(9)10/h1-6,11,14H,7H2,(H,15,16)/t11-/m1/s1. The molecule has 4 heteroatoms. The highest BCUT2D eigenvalue weighted by Gasteiger charge is 2.14. The maximum absolute atomic E-state index is 10.5. The van der Waals surface area contributed by atoms with Gasteiger partial charge in [0.2, 0.25) is 0 Å². The summed E-state index contributed by atoms with van der Waals surface area (Å²) < 4.78 is 0. The van der Waals surface area contributed by atoms with Gasteiger partial charge >= 0.3 is 5.97 Å². The fraction of sp³-hybridized carbons (Fsp3) is 0.167. The van der Waals surface area contributed by atoms with Crippen LogP contribution >= 0.6 is 0 Å². The van der Waals surface area contributed by atoms with Gasteiger partial charge in [-0.05, 0) is 17.7 Å². The highest BCUT2D eigenvalue weighted by Crippen LogP contribution is 2.24. The Morgan fingerprint density at radius 3 is 2.81 bits per heavy atom. The number of fused-ring (bicyclic) bond motifs is 1. The first kappa shape index (κ1) is 10.6. The fourth-order valence-electron chi connectivity index (χ4n) is 1.68. The maximum Gasteiger partial charge on any atom is 0.306 e. The van der Waals surface area contributed by atoms with E-state index in [2.05, 4.69) is 4.98 Å². The molecule has 0 bridgehead atoms. The van der Waals surface area contributed by atoms with E-state index in [9.17, 15) is 9.90 Å². The lowest BCUT2D eigenvalue weighted by atomic mass is 10.0. The average molecular weight is 217 g/mol. The molecule has 0 aliphatic rings. The first-order chi connectivity index (χ1) is 7.68. The molecular formula is C12H11NO3. The van der Waals surface area contributed by atoms with Crippen molar-refractivity contribution < 1.29 is 15.0 Å². The molecule has 0 aliphatic carbocycles. The molecule has 0 spiro atoms. The summed E-state index contributed by atoms with van der Waals surface area (Å²) in [7, 11) is 0. The number of aliphatic hydroxyl groups is 1. The van der Waals surface area contributed by atoms with Crippen LogP contribution in [0.2, 0.25) is 0 Å². The molecule has 0 radical (unpaired) electrons. The molecule has 1 aromatic heterocycles. The van der Waals surface area contributed by atoms with Gasteiger partial charge in [0, 0.05) is 11.6 Å². The van der Waals surface area contributed by atoms with E-state index in [0.29, 0.717) is 5.56 Å². The van der Waals surface area contributed by atoms with Crippen molar-refractivity contribution in [3.8, 4) is 0 Å². The van der Waals surface area contributed by atoms with Gasteiger partial charge in [-0.1, -0.05) is 18.2 Å². The van der Waals surface area contributed by atoms with Crippen molar-refractivity contribution in [1.29, 1.82) is 0 Å². The lowest BCUT2D eigenvalue weighted by Crippen LogP contribution is -2.06. The number of benzene rings is 1. The van der Waals surface area contributed by atoms with E-state index in [1.807, 2.05) is 24.3 Å².